The molecule has 22 heavy (non-hydrogen) atoms. The van der Waals surface area contributed by atoms with Crippen molar-refractivity contribution in [1.29, 1.82) is 0 Å². The van der Waals surface area contributed by atoms with Crippen LogP contribution in [0.4, 0.5) is 17.6 Å². The van der Waals surface area contributed by atoms with Gasteiger partial charge in [0, 0.05) is 45.3 Å². The molecule has 1 aliphatic rings. The lowest BCUT2D eigenvalue weighted by Crippen LogP contribution is -2.47. The Bertz CT molecular complexity index is 470. The molecule has 1 saturated heterocycles. The van der Waals surface area contributed by atoms with Crippen molar-refractivity contribution in [2.45, 2.75) is 6.92 Å². The van der Waals surface area contributed by atoms with Crippen LogP contribution in [-0.2, 0) is 4.52 Å². The summed E-state index contributed by atoms with van der Waals surface area (Å²) in [6.45, 7) is 7.11. The van der Waals surface area contributed by atoms with Gasteiger partial charge in [-0.3, -0.25) is 4.90 Å². The Morgan fingerprint density at radius 3 is 2.68 bits per heavy atom. The monoisotopic (exact) mass is 330 g/mol. The molecule has 9 nitrogen and oxygen atoms in total. The molecule has 0 spiro atoms. The number of anilines is 3. The van der Waals surface area contributed by atoms with Gasteiger partial charge >= 0.3 is 8.60 Å². The molecule has 1 aliphatic heterocycles. The molecule has 2 heterocycles. The molecule has 0 amide bonds. The fourth-order valence-electron chi connectivity index (χ4n) is 2.30. The number of aromatic nitrogens is 2. The zero-order chi connectivity index (χ0) is 15.9. The minimum absolute atomic E-state index is 0.323. The van der Waals surface area contributed by atoms with Crippen molar-refractivity contribution in [1.82, 2.24) is 14.9 Å². The number of rotatable bonds is 7. The van der Waals surface area contributed by atoms with Crippen LogP contribution in [0.15, 0.2) is 6.07 Å². The van der Waals surface area contributed by atoms with E-state index in [9.17, 15) is 0 Å². The van der Waals surface area contributed by atoms with Crippen molar-refractivity contribution in [3.05, 3.63) is 6.07 Å². The van der Waals surface area contributed by atoms with E-state index >= 15 is 0 Å². The summed E-state index contributed by atoms with van der Waals surface area (Å²) in [5.41, 5.74) is 5.83. The Hall–Kier alpha value is -1.25. The maximum absolute atomic E-state index is 8.71. The number of nitrogens with one attached hydrogen (secondary N) is 1. The Labute approximate surface area is 131 Å². The molecular formula is C12H23N6O3P. The van der Waals surface area contributed by atoms with Crippen molar-refractivity contribution in [3.8, 4) is 0 Å². The van der Waals surface area contributed by atoms with Crippen molar-refractivity contribution in [2.75, 3.05) is 61.8 Å². The zero-order valence-corrected chi connectivity index (χ0v) is 13.5. The Morgan fingerprint density at radius 2 is 2.05 bits per heavy atom. The van der Waals surface area contributed by atoms with Crippen molar-refractivity contribution in [2.24, 2.45) is 0 Å². The molecule has 0 aromatic carbocycles. The second-order valence-corrected chi connectivity index (χ2v) is 5.68. The molecule has 10 heteroatoms. The lowest BCUT2D eigenvalue weighted by Gasteiger charge is -2.35. The van der Waals surface area contributed by atoms with Crippen LogP contribution in [0.5, 0.6) is 0 Å². The fourth-order valence-corrected chi connectivity index (χ4v) is 2.55. The van der Waals surface area contributed by atoms with E-state index in [0.29, 0.717) is 24.9 Å². The van der Waals surface area contributed by atoms with Crippen LogP contribution in [-0.4, -0.2) is 70.5 Å². The molecule has 2 rings (SSSR count). The third kappa shape index (κ3) is 5.19. The van der Waals surface area contributed by atoms with E-state index in [1.807, 2.05) is 6.92 Å². The summed E-state index contributed by atoms with van der Waals surface area (Å²) in [6, 6.07) is 1.78. The summed E-state index contributed by atoms with van der Waals surface area (Å²) in [5.74, 6) is 1.83. The maximum atomic E-state index is 8.71. The molecular weight excluding hydrogens is 307 g/mol. The van der Waals surface area contributed by atoms with E-state index in [1.165, 1.54) is 0 Å². The molecule has 0 bridgehead atoms. The van der Waals surface area contributed by atoms with Crippen LogP contribution in [0, 0.1) is 0 Å². The average Bonchev–Trinajstić information content (AvgIpc) is 2.47. The van der Waals surface area contributed by atoms with Gasteiger partial charge in [-0.2, -0.15) is 9.97 Å². The summed E-state index contributed by atoms with van der Waals surface area (Å²) in [7, 11) is -2.26. The maximum Gasteiger partial charge on any atom is 0.327 e. The first-order valence-corrected chi connectivity index (χ1v) is 8.41. The van der Waals surface area contributed by atoms with E-state index in [-0.39, 0.29) is 0 Å². The lowest BCUT2D eigenvalue weighted by atomic mass is 10.3. The molecule has 0 radical (unpaired) electrons. The first-order chi connectivity index (χ1) is 10.6. The van der Waals surface area contributed by atoms with Gasteiger partial charge in [0.05, 0.1) is 6.61 Å². The van der Waals surface area contributed by atoms with Crippen molar-refractivity contribution in [3.63, 3.8) is 0 Å². The van der Waals surface area contributed by atoms with Gasteiger partial charge in [0.2, 0.25) is 5.95 Å². The van der Waals surface area contributed by atoms with Gasteiger partial charge < -0.3 is 30.3 Å². The average molecular weight is 330 g/mol. The highest BCUT2D eigenvalue weighted by Crippen LogP contribution is 2.23. The number of piperazine rings is 1. The van der Waals surface area contributed by atoms with Gasteiger partial charge in [0.15, 0.2) is 0 Å². The predicted octanol–water partition coefficient (Wildman–Crippen LogP) is -0.159. The first-order valence-electron chi connectivity index (χ1n) is 7.25. The summed E-state index contributed by atoms with van der Waals surface area (Å²) in [6.07, 6.45) is 0. The standard InChI is InChI=1S/C12H23N6O3P/c1-2-14-12-15-10(13)9-11(16-12)18-5-3-17(4-6-18)7-8-21-22(19)20/h9,19-20H,2-8H2,1H3,(H3,13,14,15,16). The molecule has 124 valence electrons. The summed E-state index contributed by atoms with van der Waals surface area (Å²) >= 11 is 0. The summed E-state index contributed by atoms with van der Waals surface area (Å²) < 4.78 is 4.79. The van der Waals surface area contributed by atoms with Gasteiger partial charge in [-0.1, -0.05) is 0 Å². The van der Waals surface area contributed by atoms with Crippen LogP contribution in [0.3, 0.4) is 0 Å². The van der Waals surface area contributed by atoms with E-state index in [2.05, 4.69) is 25.1 Å². The first kappa shape index (κ1) is 17.1. The summed E-state index contributed by atoms with van der Waals surface area (Å²) in [5, 5.41) is 3.07. The van der Waals surface area contributed by atoms with Crippen molar-refractivity contribution >= 4 is 26.2 Å². The normalized spacial score (nSPS) is 16.3. The minimum atomic E-state index is -2.26. The number of nitrogen functional groups attached to an aromatic ring is 1. The van der Waals surface area contributed by atoms with Gasteiger partial charge in [0.1, 0.15) is 11.6 Å². The number of hydrogen-bond donors (Lipinski definition) is 4. The van der Waals surface area contributed by atoms with E-state index in [0.717, 1.165) is 38.5 Å². The number of nitrogens with zero attached hydrogens (tertiary/aromatic N) is 4. The van der Waals surface area contributed by atoms with Crippen LogP contribution in [0.2, 0.25) is 0 Å². The highest BCUT2D eigenvalue weighted by atomic mass is 31.2. The topological polar surface area (TPSA) is 120 Å². The predicted molar refractivity (Wildman–Crippen MR) is 86.6 cm³/mol. The molecule has 1 aromatic heterocycles. The van der Waals surface area contributed by atoms with Gasteiger partial charge in [-0.25, -0.2) is 0 Å². The summed E-state index contributed by atoms with van der Waals surface area (Å²) in [4.78, 5) is 30.4. The highest BCUT2D eigenvalue weighted by molar-refractivity contribution is 7.39. The van der Waals surface area contributed by atoms with Gasteiger partial charge in [0.25, 0.3) is 0 Å². The molecule has 0 aliphatic carbocycles. The zero-order valence-electron chi connectivity index (χ0n) is 12.6. The third-order valence-electron chi connectivity index (χ3n) is 3.38. The van der Waals surface area contributed by atoms with Crippen molar-refractivity contribution < 1.29 is 14.3 Å². The quantitative estimate of drug-likeness (QED) is 0.505. The van der Waals surface area contributed by atoms with Gasteiger partial charge in [-0.05, 0) is 6.92 Å². The highest BCUT2D eigenvalue weighted by Gasteiger charge is 2.19. The Balaban J connectivity index is 1.86. The SMILES string of the molecule is CCNc1nc(N)cc(N2CCN(CCOP(O)O)CC2)n1. The van der Waals surface area contributed by atoms with Crippen LogP contribution in [0.1, 0.15) is 6.92 Å². The Kier molecular flexibility index (Phi) is 6.53. The van der Waals surface area contributed by atoms with Crippen LogP contribution in [0.25, 0.3) is 0 Å². The molecule has 1 aromatic rings. The minimum Gasteiger partial charge on any atom is -0.383 e. The largest absolute Gasteiger partial charge is 0.383 e. The van der Waals surface area contributed by atoms with Crippen LogP contribution < -0.4 is 16.0 Å². The molecule has 0 unspecified atom stereocenters. The Morgan fingerprint density at radius 1 is 1.32 bits per heavy atom. The fraction of sp³-hybridized carbons (Fsp3) is 0.667. The second-order valence-electron chi connectivity index (χ2n) is 4.92. The molecule has 0 saturated carbocycles. The second kappa shape index (κ2) is 8.40. The molecule has 1 fully saturated rings. The smallest absolute Gasteiger partial charge is 0.327 e. The van der Waals surface area contributed by atoms with E-state index in [4.69, 9.17) is 20.0 Å². The lowest BCUT2D eigenvalue weighted by molar-refractivity contribution is 0.184. The van der Waals surface area contributed by atoms with Crippen LogP contribution >= 0.6 is 8.60 Å². The third-order valence-corrected chi connectivity index (χ3v) is 3.79. The molecule has 5 N–H and O–H groups in total. The van der Waals surface area contributed by atoms with Gasteiger partial charge in [-0.15, -0.1) is 0 Å². The van der Waals surface area contributed by atoms with E-state index < -0.39 is 8.60 Å². The number of hydrogen-bond acceptors (Lipinski definition) is 9. The molecule has 0 atom stereocenters. The van der Waals surface area contributed by atoms with E-state index in [1.54, 1.807) is 6.07 Å². The number of nitrogens with two attached hydrogens (primary N) is 1.